The first-order valence-electron chi connectivity index (χ1n) is 9.03. The van der Waals surface area contributed by atoms with Gasteiger partial charge in [-0.3, -0.25) is 4.79 Å². The predicted molar refractivity (Wildman–Crippen MR) is 118 cm³/mol. The topological polar surface area (TPSA) is 70.5 Å². The number of nitrogens with zero attached hydrogens (tertiary/aromatic N) is 2. The number of halogens is 2. The van der Waals surface area contributed by atoms with Gasteiger partial charge in [-0.2, -0.15) is 0 Å². The molecule has 8 heteroatoms. The van der Waals surface area contributed by atoms with Crippen LogP contribution in [-0.2, 0) is 6.61 Å². The standard InChI is InChI=1S/C22H20BrClN2O4/c1-12-14(18(28-3)9-8-15(12)23)11-30-19-7-5-6-17(26-19)21(27)20-13(2)16(24)10-25-22(20)29-4/h5-10H,11H2,1-4H3. The summed E-state index contributed by atoms with van der Waals surface area (Å²) >= 11 is 9.67. The first-order chi connectivity index (χ1) is 14.4. The Balaban J connectivity index is 1.89. The molecule has 0 bridgehead atoms. The van der Waals surface area contributed by atoms with Crippen molar-refractivity contribution in [3.8, 4) is 17.5 Å². The Morgan fingerprint density at radius 1 is 1.10 bits per heavy atom. The minimum atomic E-state index is -0.346. The summed E-state index contributed by atoms with van der Waals surface area (Å²) in [6.07, 6.45) is 1.45. The van der Waals surface area contributed by atoms with Gasteiger partial charge in [-0.15, -0.1) is 0 Å². The summed E-state index contributed by atoms with van der Waals surface area (Å²) in [4.78, 5) is 21.6. The summed E-state index contributed by atoms with van der Waals surface area (Å²) in [6.45, 7) is 3.95. The number of carbonyl (C=O) groups is 1. The molecule has 3 rings (SSSR count). The summed E-state index contributed by atoms with van der Waals surface area (Å²) in [7, 11) is 3.06. The molecular weight excluding hydrogens is 472 g/mol. The molecule has 0 saturated carbocycles. The molecule has 6 nitrogen and oxygen atoms in total. The van der Waals surface area contributed by atoms with Crippen molar-refractivity contribution < 1.29 is 19.0 Å². The van der Waals surface area contributed by atoms with Crippen LogP contribution in [0.15, 0.2) is 41.0 Å². The second-order valence-corrected chi connectivity index (χ2v) is 7.71. The quantitative estimate of drug-likeness (QED) is 0.416. The van der Waals surface area contributed by atoms with Crippen molar-refractivity contribution in [1.82, 2.24) is 9.97 Å². The van der Waals surface area contributed by atoms with E-state index in [1.54, 1.807) is 32.2 Å². The van der Waals surface area contributed by atoms with Crippen LogP contribution in [-0.4, -0.2) is 30.0 Å². The molecule has 0 N–H and O–H groups in total. The smallest absolute Gasteiger partial charge is 0.224 e. The van der Waals surface area contributed by atoms with Crippen molar-refractivity contribution in [3.05, 3.63) is 74.0 Å². The van der Waals surface area contributed by atoms with Crippen molar-refractivity contribution in [3.63, 3.8) is 0 Å². The molecule has 30 heavy (non-hydrogen) atoms. The van der Waals surface area contributed by atoms with Gasteiger partial charge in [0.25, 0.3) is 0 Å². The summed E-state index contributed by atoms with van der Waals surface area (Å²) in [6, 6.07) is 8.80. The molecule has 0 aliphatic rings. The zero-order chi connectivity index (χ0) is 21.8. The molecule has 0 unspecified atom stereocenters. The van der Waals surface area contributed by atoms with E-state index in [4.69, 9.17) is 25.8 Å². The zero-order valence-corrected chi connectivity index (χ0v) is 19.3. The van der Waals surface area contributed by atoms with Crippen molar-refractivity contribution in [2.75, 3.05) is 14.2 Å². The fourth-order valence-corrected chi connectivity index (χ4v) is 3.46. The minimum absolute atomic E-state index is 0.199. The maximum Gasteiger partial charge on any atom is 0.224 e. The molecule has 2 aromatic heterocycles. The molecule has 0 radical (unpaired) electrons. The number of pyridine rings is 2. The van der Waals surface area contributed by atoms with Gasteiger partial charge >= 0.3 is 0 Å². The van der Waals surface area contributed by atoms with E-state index in [0.717, 1.165) is 15.6 Å². The van der Waals surface area contributed by atoms with Crippen LogP contribution in [0.5, 0.6) is 17.5 Å². The SMILES string of the molecule is COc1ccc(Br)c(C)c1COc1cccc(C(=O)c2c(OC)ncc(Cl)c2C)n1. The summed E-state index contributed by atoms with van der Waals surface area (Å²) in [5.74, 6) is 0.882. The highest BCUT2D eigenvalue weighted by molar-refractivity contribution is 9.10. The van der Waals surface area contributed by atoms with Crippen molar-refractivity contribution in [1.29, 1.82) is 0 Å². The Morgan fingerprint density at radius 3 is 2.57 bits per heavy atom. The number of rotatable bonds is 7. The number of carbonyl (C=O) groups excluding carboxylic acids is 1. The summed E-state index contributed by atoms with van der Waals surface area (Å²) in [5.41, 5.74) is 2.96. The van der Waals surface area contributed by atoms with Crippen LogP contribution in [0, 0.1) is 13.8 Å². The van der Waals surface area contributed by atoms with Gasteiger partial charge in [0.15, 0.2) is 0 Å². The summed E-state index contributed by atoms with van der Waals surface area (Å²) in [5, 5.41) is 0.378. The lowest BCUT2D eigenvalue weighted by Crippen LogP contribution is -2.11. The van der Waals surface area contributed by atoms with E-state index in [1.807, 2.05) is 19.1 Å². The largest absolute Gasteiger partial charge is 0.496 e. The number of hydrogen-bond donors (Lipinski definition) is 0. The first kappa shape index (κ1) is 22.1. The lowest BCUT2D eigenvalue weighted by Gasteiger charge is -2.14. The number of aromatic nitrogens is 2. The fraction of sp³-hybridized carbons (Fsp3) is 0.227. The zero-order valence-electron chi connectivity index (χ0n) is 17.0. The van der Waals surface area contributed by atoms with Gasteiger partial charge in [0.05, 0.1) is 24.8 Å². The summed E-state index contributed by atoms with van der Waals surface area (Å²) < 4.78 is 17.5. The normalized spacial score (nSPS) is 10.6. The van der Waals surface area contributed by atoms with Crippen molar-refractivity contribution in [2.24, 2.45) is 0 Å². The van der Waals surface area contributed by atoms with E-state index in [-0.39, 0.29) is 29.5 Å². The Morgan fingerprint density at radius 2 is 1.87 bits per heavy atom. The van der Waals surface area contributed by atoms with E-state index in [9.17, 15) is 4.79 Å². The number of ether oxygens (including phenoxy) is 3. The lowest BCUT2D eigenvalue weighted by atomic mass is 10.0. The molecule has 2 heterocycles. The lowest BCUT2D eigenvalue weighted by molar-refractivity contribution is 0.102. The monoisotopic (exact) mass is 490 g/mol. The van der Waals surface area contributed by atoms with Crippen LogP contribution >= 0.6 is 27.5 Å². The van der Waals surface area contributed by atoms with Gasteiger partial charge < -0.3 is 14.2 Å². The highest BCUT2D eigenvalue weighted by Crippen LogP contribution is 2.30. The van der Waals surface area contributed by atoms with Crippen LogP contribution in [0.25, 0.3) is 0 Å². The molecule has 0 aliphatic carbocycles. The number of hydrogen-bond acceptors (Lipinski definition) is 6. The third kappa shape index (κ3) is 4.42. The van der Waals surface area contributed by atoms with Crippen molar-refractivity contribution in [2.45, 2.75) is 20.5 Å². The van der Waals surface area contributed by atoms with E-state index < -0.39 is 0 Å². The van der Waals surface area contributed by atoms with Gasteiger partial charge in [0.2, 0.25) is 17.5 Å². The highest BCUT2D eigenvalue weighted by Gasteiger charge is 2.22. The Labute approximate surface area is 188 Å². The number of methoxy groups -OCH3 is 2. The van der Waals surface area contributed by atoms with E-state index in [1.165, 1.54) is 13.3 Å². The van der Waals surface area contributed by atoms with Crippen molar-refractivity contribution >= 4 is 33.3 Å². The molecule has 3 aromatic rings. The van der Waals surface area contributed by atoms with Gasteiger partial charge in [0, 0.05) is 22.3 Å². The van der Waals surface area contributed by atoms with Crippen LogP contribution < -0.4 is 14.2 Å². The maximum atomic E-state index is 13.1. The average molecular weight is 492 g/mol. The van der Waals surface area contributed by atoms with Gasteiger partial charge in [-0.1, -0.05) is 33.6 Å². The van der Waals surface area contributed by atoms with Crippen LogP contribution in [0.3, 0.4) is 0 Å². The predicted octanol–water partition coefficient (Wildman–Crippen LogP) is 5.34. The Kier molecular flexibility index (Phi) is 6.95. The number of ketones is 1. The molecule has 0 spiro atoms. The molecule has 156 valence electrons. The first-order valence-corrected chi connectivity index (χ1v) is 10.2. The molecular formula is C22H20BrClN2O4. The average Bonchev–Trinajstić information content (AvgIpc) is 2.76. The minimum Gasteiger partial charge on any atom is -0.496 e. The molecule has 0 fully saturated rings. The molecule has 0 amide bonds. The Bertz CT molecular complexity index is 1100. The Hall–Kier alpha value is -2.64. The highest BCUT2D eigenvalue weighted by atomic mass is 79.9. The maximum absolute atomic E-state index is 13.1. The number of benzene rings is 1. The van der Waals surface area contributed by atoms with Crippen LogP contribution in [0.4, 0.5) is 0 Å². The third-order valence-electron chi connectivity index (χ3n) is 4.69. The fourth-order valence-electron chi connectivity index (χ4n) is 2.95. The van der Waals surface area contributed by atoms with Gasteiger partial charge in [0.1, 0.15) is 18.1 Å². The van der Waals surface area contributed by atoms with E-state index in [0.29, 0.717) is 22.2 Å². The second-order valence-electron chi connectivity index (χ2n) is 6.45. The van der Waals surface area contributed by atoms with Crippen LogP contribution in [0.2, 0.25) is 5.02 Å². The third-order valence-corrected chi connectivity index (χ3v) is 5.93. The van der Waals surface area contributed by atoms with Crippen LogP contribution in [0.1, 0.15) is 32.7 Å². The van der Waals surface area contributed by atoms with E-state index >= 15 is 0 Å². The molecule has 0 aliphatic heterocycles. The molecule has 0 saturated heterocycles. The second kappa shape index (κ2) is 9.45. The van der Waals surface area contributed by atoms with Gasteiger partial charge in [-0.05, 0) is 43.2 Å². The van der Waals surface area contributed by atoms with Gasteiger partial charge in [-0.25, -0.2) is 9.97 Å². The van der Waals surface area contributed by atoms with E-state index in [2.05, 4.69) is 25.9 Å². The molecule has 1 aromatic carbocycles. The molecule has 0 atom stereocenters.